The molecule has 14 heavy (non-hydrogen) atoms. The number of unbranched alkanes of at least 4 members (excludes halogenated alkanes) is 2. The highest BCUT2D eigenvalue weighted by atomic mass is 32.2. The fourth-order valence-corrected chi connectivity index (χ4v) is 3.03. The lowest BCUT2D eigenvalue weighted by molar-refractivity contribution is 0.542. The van der Waals surface area contributed by atoms with Crippen molar-refractivity contribution in [3.05, 3.63) is 0 Å². The van der Waals surface area contributed by atoms with Crippen molar-refractivity contribution in [2.75, 3.05) is 12.3 Å². The van der Waals surface area contributed by atoms with E-state index in [0.29, 0.717) is 12.3 Å². The zero-order valence-electron chi connectivity index (χ0n) is 9.49. The van der Waals surface area contributed by atoms with Crippen LogP contribution < -0.4 is 5.73 Å². The molecule has 1 unspecified atom stereocenters. The van der Waals surface area contributed by atoms with Gasteiger partial charge in [-0.2, -0.15) is 0 Å². The van der Waals surface area contributed by atoms with Crippen molar-refractivity contribution in [1.82, 2.24) is 0 Å². The summed E-state index contributed by atoms with van der Waals surface area (Å²) in [6, 6.07) is 0. The molecular weight excluding hydrogens is 198 g/mol. The molecule has 0 heterocycles. The highest BCUT2D eigenvalue weighted by Gasteiger charge is 2.22. The minimum absolute atomic E-state index is 0.203. The summed E-state index contributed by atoms with van der Waals surface area (Å²) in [5, 5.41) is -0.222. The first-order chi connectivity index (χ1) is 6.41. The van der Waals surface area contributed by atoms with Gasteiger partial charge in [0.25, 0.3) is 0 Å². The predicted octanol–water partition coefficient (Wildman–Crippen LogP) is 1.57. The molecule has 0 spiro atoms. The molecule has 1 atom stereocenters. The zero-order valence-corrected chi connectivity index (χ0v) is 10.3. The van der Waals surface area contributed by atoms with E-state index in [2.05, 4.69) is 0 Å². The van der Waals surface area contributed by atoms with E-state index in [1.165, 1.54) is 0 Å². The van der Waals surface area contributed by atoms with E-state index >= 15 is 0 Å². The zero-order chi connectivity index (χ0) is 11.2. The van der Waals surface area contributed by atoms with E-state index in [0.717, 1.165) is 19.3 Å². The monoisotopic (exact) mass is 221 g/mol. The summed E-state index contributed by atoms with van der Waals surface area (Å²) in [5.41, 5.74) is 5.34. The lowest BCUT2D eigenvalue weighted by atomic mass is 10.2. The van der Waals surface area contributed by atoms with Crippen LogP contribution in [0.1, 0.15) is 40.0 Å². The van der Waals surface area contributed by atoms with Crippen LogP contribution in [0.15, 0.2) is 0 Å². The summed E-state index contributed by atoms with van der Waals surface area (Å²) in [4.78, 5) is 0. The molecule has 0 aromatic heterocycles. The Kier molecular flexibility index (Phi) is 6.36. The summed E-state index contributed by atoms with van der Waals surface area (Å²) < 4.78 is 23.4. The molecule has 0 radical (unpaired) electrons. The lowest BCUT2D eigenvalue weighted by Gasteiger charge is -2.16. The first-order valence-electron chi connectivity index (χ1n) is 5.33. The van der Waals surface area contributed by atoms with Crippen LogP contribution in [0.2, 0.25) is 0 Å². The lowest BCUT2D eigenvalue weighted by Crippen LogP contribution is -2.26. The van der Waals surface area contributed by atoms with Gasteiger partial charge in [0.2, 0.25) is 0 Å². The average molecular weight is 221 g/mol. The fraction of sp³-hybridized carbons (Fsp3) is 1.00. The van der Waals surface area contributed by atoms with E-state index in [4.69, 9.17) is 5.73 Å². The largest absolute Gasteiger partial charge is 0.330 e. The molecule has 0 saturated heterocycles. The summed E-state index contributed by atoms with van der Waals surface area (Å²) in [6.07, 6.45) is 2.59. The third kappa shape index (κ3) is 4.96. The molecule has 0 aromatic carbocycles. The molecule has 0 aliphatic heterocycles. The van der Waals surface area contributed by atoms with Crippen LogP contribution in [0, 0.1) is 5.92 Å². The Balaban J connectivity index is 3.96. The van der Waals surface area contributed by atoms with E-state index in [1.807, 2.05) is 13.8 Å². The number of hydrogen-bond acceptors (Lipinski definition) is 3. The van der Waals surface area contributed by atoms with Crippen LogP contribution in [-0.2, 0) is 9.84 Å². The first-order valence-corrected chi connectivity index (χ1v) is 7.05. The van der Waals surface area contributed by atoms with Gasteiger partial charge in [0.1, 0.15) is 0 Å². The van der Waals surface area contributed by atoms with Gasteiger partial charge in [0.15, 0.2) is 9.84 Å². The van der Waals surface area contributed by atoms with Crippen molar-refractivity contribution < 1.29 is 8.42 Å². The molecule has 2 N–H and O–H groups in total. The number of nitrogens with two attached hydrogens (primary N) is 1. The Morgan fingerprint density at radius 2 is 1.64 bits per heavy atom. The molecule has 3 nitrogen and oxygen atoms in total. The molecule has 4 heteroatoms. The number of rotatable bonds is 7. The Morgan fingerprint density at radius 3 is 2.07 bits per heavy atom. The summed E-state index contributed by atoms with van der Waals surface area (Å²) in [7, 11) is -2.88. The van der Waals surface area contributed by atoms with E-state index in [-0.39, 0.29) is 11.2 Å². The highest BCUT2D eigenvalue weighted by Crippen LogP contribution is 2.14. The van der Waals surface area contributed by atoms with Crippen molar-refractivity contribution in [2.45, 2.75) is 45.3 Å². The molecule has 0 amide bonds. The molecule has 0 saturated carbocycles. The Morgan fingerprint density at radius 1 is 1.07 bits per heavy atom. The first kappa shape index (κ1) is 13.9. The molecule has 0 aromatic rings. The molecule has 0 bridgehead atoms. The Bertz CT molecular complexity index is 235. The van der Waals surface area contributed by atoms with Gasteiger partial charge in [-0.1, -0.05) is 20.3 Å². The summed E-state index contributed by atoms with van der Waals surface area (Å²) in [6.45, 7) is 6.34. The van der Waals surface area contributed by atoms with Gasteiger partial charge in [0.05, 0.1) is 11.0 Å². The van der Waals surface area contributed by atoms with E-state index in [1.54, 1.807) is 6.92 Å². The van der Waals surface area contributed by atoms with Crippen molar-refractivity contribution >= 4 is 9.84 Å². The topological polar surface area (TPSA) is 60.2 Å². The number of hydrogen-bond donors (Lipinski definition) is 1. The molecule has 0 aliphatic rings. The van der Waals surface area contributed by atoms with Crippen LogP contribution >= 0.6 is 0 Å². The van der Waals surface area contributed by atoms with Crippen molar-refractivity contribution in [2.24, 2.45) is 11.7 Å². The highest BCUT2D eigenvalue weighted by molar-refractivity contribution is 7.92. The van der Waals surface area contributed by atoms with Crippen LogP contribution in [-0.4, -0.2) is 26.0 Å². The van der Waals surface area contributed by atoms with Gasteiger partial charge in [0, 0.05) is 0 Å². The molecule has 86 valence electrons. The summed E-state index contributed by atoms with van der Waals surface area (Å²) in [5.74, 6) is 0.515. The SMILES string of the molecule is CC(C)C(C)S(=O)(=O)CCCCCN. The number of sulfone groups is 1. The maximum atomic E-state index is 11.7. The normalized spacial score (nSPS) is 14.6. The molecule has 0 rings (SSSR count). The second-order valence-corrected chi connectivity index (χ2v) is 6.64. The maximum absolute atomic E-state index is 11.7. The van der Waals surface area contributed by atoms with Crippen LogP contribution in [0.5, 0.6) is 0 Å². The Labute approximate surface area is 88.0 Å². The molecule has 0 aliphatic carbocycles. The van der Waals surface area contributed by atoms with Crippen molar-refractivity contribution in [3.63, 3.8) is 0 Å². The minimum Gasteiger partial charge on any atom is -0.330 e. The molecule has 0 fully saturated rings. The van der Waals surface area contributed by atoms with Crippen LogP contribution in [0.4, 0.5) is 0 Å². The predicted molar refractivity (Wildman–Crippen MR) is 61.0 cm³/mol. The standard InChI is InChI=1S/C10H23NO2S/c1-9(2)10(3)14(12,13)8-6-4-5-7-11/h9-10H,4-8,11H2,1-3H3. The smallest absolute Gasteiger partial charge is 0.153 e. The van der Waals surface area contributed by atoms with Crippen molar-refractivity contribution in [1.29, 1.82) is 0 Å². The quantitative estimate of drug-likeness (QED) is 0.664. The Hall–Kier alpha value is -0.0900. The second kappa shape index (κ2) is 6.40. The minimum atomic E-state index is -2.88. The third-order valence-corrected chi connectivity index (χ3v) is 5.17. The van der Waals surface area contributed by atoms with Gasteiger partial charge in [-0.3, -0.25) is 0 Å². The fourth-order valence-electron chi connectivity index (χ4n) is 1.22. The van der Waals surface area contributed by atoms with Gasteiger partial charge >= 0.3 is 0 Å². The average Bonchev–Trinajstić information content (AvgIpc) is 2.11. The van der Waals surface area contributed by atoms with Gasteiger partial charge in [-0.15, -0.1) is 0 Å². The van der Waals surface area contributed by atoms with Crippen molar-refractivity contribution in [3.8, 4) is 0 Å². The third-order valence-electron chi connectivity index (χ3n) is 2.64. The van der Waals surface area contributed by atoms with Gasteiger partial charge in [-0.05, 0) is 32.2 Å². The maximum Gasteiger partial charge on any atom is 0.153 e. The van der Waals surface area contributed by atoms with Crippen LogP contribution in [0.3, 0.4) is 0 Å². The van der Waals surface area contributed by atoms with E-state index in [9.17, 15) is 8.42 Å². The van der Waals surface area contributed by atoms with E-state index < -0.39 is 9.84 Å². The summed E-state index contributed by atoms with van der Waals surface area (Å²) >= 11 is 0. The second-order valence-electron chi connectivity index (χ2n) is 4.17. The van der Waals surface area contributed by atoms with Gasteiger partial charge in [-0.25, -0.2) is 8.42 Å². The molecular formula is C10H23NO2S. The van der Waals surface area contributed by atoms with Gasteiger partial charge < -0.3 is 5.73 Å². The van der Waals surface area contributed by atoms with Crippen LogP contribution in [0.25, 0.3) is 0 Å².